The van der Waals surface area contributed by atoms with Gasteiger partial charge in [-0.3, -0.25) is 9.78 Å². The minimum atomic E-state index is 0. The molecule has 0 aromatic carbocycles. The summed E-state index contributed by atoms with van der Waals surface area (Å²) in [5, 5.41) is 0. The van der Waals surface area contributed by atoms with E-state index in [0.717, 1.165) is 37.5 Å². The number of carbonyl (C=O) groups excluding carboxylic acids is 1. The lowest BCUT2D eigenvalue weighted by atomic mass is 9.95. The topological polar surface area (TPSA) is 62.5 Å². The lowest BCUT2D eigenvalue weighted by Crippen LogP contribution is -2.41. The zero-order chi connectivity index (χ0) is 15.4. The van der Waals surface area contributed by atoms with E-state index in [4.69, 9.17) is 5.73 Å². The predicted molar refractivity (Wildman–Crippen MR) is 101 cm³/mol. The molecule has 7 heteroatoms. The van der Waals surface area contributed by atoms with Crippen molar-refractivity contribution in [1.29, 1.82) is 0 Å². The van der Waals surface area contributed by atoms with Gasteiger partial charge >= 0.3 is 0 Å². The Hall–Kier alpha value is -0.880. The molecule has 136 valence electrons. The number of hydrogen-bond donors (Lipinski definition) is 1. The summed E-state index contributed by atoms with van der Waals surface area (Å²) in [6, 6.07) is 3.61. The summed E-state index contributed by atoms with van der Waals surface area (Å²) in [7, 11) is 0. The maximum absolute atomic E-state index is 12.6. The third kappa shape index (κ3) is 5.31. The molecular formula is C17H28Cl2N4O. The number of nitrogens with zero attached hydrogens (tertiary/aromatic N) is 3. The highest BCUT2D eigenvalue weighted by atomic mass is 35.5. The first kappa shape index (κ1) is 21.2. The van der Waals surface area contributed by atoms with Crippen LogP contribution in [0.3, 0.4) is 0 Å². The zero-order valence-corrected chi connectivity index (χ0v) is 15.7. The van der Waals surface area contributed by atoms with Crippen molar-refractivity contribution in [3.8, 4) is 0 Å². The summed E-state index contributed by atoms with van der Waals surface area (Å²) >= 11 is 0. The van der Waals surface area contributed by atoms with Crippen molar-refractivity contribution in [1.82, 2.24) is 14.8 Å². The van der Waals surface area contributed by atoms with Gasteiger partial charge in [0.1, 0.15) is 0 Å². The van der Waals surface area contributed by atoms with Gasteiger partial charge in [-0.25, -0.2) is 0 Å². The Balaban J connectivity index is 0.00000144. The Kier molecular flexibility index (Phi) is 8.98. The molecule has 0 radical (unpaired) electrons. The highest BCUT2D eigenvalue weighted by molar-refractivity contribution is 5.94. The normalized spacial score (nSPS) is 18.8. The Morgan fingerprint density at radius 2 is 1.83 bits per heavy atom. The van der Waals surface area contributed by atoms with E-state index < -0.39 is 0 Å². The SMILES string of the molecule is Cl.Cl.NCc1cc(C(=O)N2CCC(CN3CCCC3)CC2)ccn1. The summed E-state index contributed by atoms with van der Waals surface area (Å²) < 4.78 is 0. The fourth-order valence-corrected chi connectivity index (χ4v) is 3.55. The standard InChI is InChI=1S/C17H26N4O.2ClH/c18-12-16-11-15(3-6-19-16)17(22)21-9-4-14(5-10-21)13-20-7-1-2-8-20;;/h3,6,11,14H,1-2,4-5,7-10,12-13,18H2;2*1H. The van der Waals surface area contributed by atoms with Gasteiger partial charge in [0.2, 0.25) is 0 Å². The molecule has 2 saturated heterocycles. The summed E-state index contributed by atoms with van der Waals surface area (Å²) in [6.07, 6.45) is 6.62. The van der Waals surface area contributed by atoms with E-state index in [1.165, 1.54) is 32.5 Å². The second-order valence-electron chi connectivity index (χ2n) is 6.48. The maximum Gasteiger partial charge on any atom is 0.253 e. The second kappa shape index (κ2) is 10.2. The molecule has 3 heterocycles. The van der Waals surface area contributed by atoms with Crippen LogP contribution in [0.15, 0.2) is 18.3 Å². The largest absolute Gasteiger partial charge is 0.339 e. The quantitative estimate of drug-likeness (QED) is 0.878. The lowest BCUT2D eigenvalue weighted by Gasteiger charge is -2.34. The Morgan fingerprint density at radius 3 is 2.46 bits per heavy atom. The smallest absolute Gasteiger partial charge is 0.253 e. The molecule has 0 atom stereocenters. The molecular weight excluding hydrogens is 347 g/mol. The second-order valence-corrected chi connectivity index (χ2v) is 6.48. The molecule has 2 fully saturated rings. The van der Waals surface area contributed by atoms with Crippen molar-refractivity contribution in [2.75, 3.05) is 32.7 Å². The number of likely N-dealkylation sites (tertiary alicyclic amines) is 2. The number of pyridine rings is 1. The van der Waals surface area contributed by atoms with Crippen molar-refractivity contribution >= 4 is 30.7 Å². The molecule has 1 aromatic heterocycles. The van der Waals surface area contributed by atoms with Crippen molar-refractivity contribution < 1.29 is 4.79 Å². The van der Waals surface area contributed by atoms with E-state index in [1.807, 2.05) is 11.0 Å². The highest BCUT2D eigenvalue weighted by Crippen LogP contribution is 2.22. The first-order valence-corrected chi connectivity index (χ1v) is 8.43. The minimum absolute atomic E-state index is 0. The molecule has 1 aromatic rings. The van der Waals surface area contributed by atoms with Crippen molar-refractivity contribution in [3.63, 3.8) is 0 Å². The van der Waals surface area contributed by atoms with Crippen LogP contribution in [0.1, 0.15) is 41.7 Å². The van der Waals surface area contributed by atoms with Crippen LogP contribution < -0.4 is 5.73 Å². The fraction of sp³-hybridized carbons (Fsp3) is 0.647. The van der Waals surface area contributed by atoms with Gasteiger partial charge in [-0.1, -0.05) is 0 Å². The van der Waals surface area contributed by atoms with Gasteiger partial charge in [0, 0.05) is 37.9 Å². The average Bonchev–Trinajstić information content (AvgIpc) is 3.08. The van der Waals surface area contributed by atoms with Crippen molar-refractivity contribution in [3.05, 3.63) is 29.6 Å². The number of halogens is 2. The van der Waals surface area contributed by atoms with Gasteiger partial charge in [-0.15, -0.1) is 24.8 Å². The number of hydrogen-bond acceptors (Lipinski definition) is 4. The van der Waals surface area contributed by atoms with E-state index in [1.54, 1.807) is 12.3 Å². The maximum atomic E-state index is 12.6. The van der Waals surface area contributed by atoms with Crippen LogP contribution in [0.25, 0.3) is 0 Å². The Morgan fingerprint density at radius 1 is 1.17 bits per heavy atom. The van der Waals surface area contributed by atoms with Gasteiger partial charge in [0.05, 0.1) is 5.69 Å². The van der Waals surface area contributed by atoms with Gasteiger partial charge < -0.3 is 15.5 Å². The van der Waals surface area contributed by atoms with Crippen LogP contribution in [-0.4, -0.2) is 53.4 Å². The van der Waals surface area contributed by atoms with E-state index in [0.29, 0.717) is 12.1 Å². The molecule has 2 aliphatic heterocycles. The number of nitrogens with two attached hydrogens (primary N) is 1. The molecule has 0 spiro atoms. The third-order valence-corrected chi connectivity index (χ3v) is 4.89. The number of piperidine rings is 1. The summed E-state index contributed by atoms with van der Waals surface area (Å²) in [5.41, 5.74) is 7.09. The van der Waals surface area contributed by atoms with Gasteiger partial charge in [0.15, 0.2) is 0 Å². The molecule has 3 rings (SSSR count). The zero-order valence-electron chi connectivity index (χ0n) is 14.0. The predicted octanol–water partition coefficient (Wildman–Crippen LogP) is 2.33. The summed E-state index contributed by atoms with van der Waals surface area (Å²) in [5.74, 6) is 0.871. The number of amides is 1. The first-order valence-electron chi connectivity index (χ1n) is 8.43. The average molecular weight is 375 g/mol. The highest BCUT2D eigenvalue weighted by Gasteiger charge is 2.25. The number of aromatic nitrogens is 1. The fourth-order valence-electron chi connectivity index (χ4n) is 3.55. The molecule has 2 aliphatic rings. The lowest BCUT2D eigenvalue weighted by molar-refractivity contribution is 0.0672. The van der Waals surface area contributed by atoms with E-state index in [-0.39, 0.29) is 30.7 Å². The Bertz CT molecular complexity index is 515. The molecule has 1 amide bonds. The van der Waals surface area contributed by atoms with Crippen LogP contribution in [-0.2, 0) is 6.54 Å². The monoisotopic (exact) mass is 374 g/mol. The van der Waals surface area contributed by atoms with Gasteiger partial charge in [-0.05, 0) is 56.8 Å². The third-order valence-electron chi connectivity index (χ3n) is 4.89. The minimum Gasteiger partial charge on any atom is -0.339 e. The molecule has 0 unspecified atom stereocenters. The molecule has 5 nitrogen and oxygen atoms in total. The van der Waals surface area contributed by atoms with E-state index in [2.05, 4.69) is 9.88 Å². The molecule has 0 bridgehead atoms. The van der Waals surface area contributed by atoms with E-state index >= 15 is 0 Å². The molecule has 0 saturated carbocycles. The van der Waals surface area contributed by atoms with Gasteiger partial charge in [0.25, 0.3) is 5.91 Å². The van der Waals surface area contributed by atoms with Crippen LogP contribution in [0, 0.1) is 5.92 Å². The summed E-state index contributed by atoms with van der Waals surface area (Å²) in [6.45, 7) is 5.86. The van der Waals surface area contributed by atoms with Crippen LogP contribution >= 0.6 is 24.8 Å². The van der Waals surface area contributed by atoms with E-state index in [9.17, 15) is 4.79 Å². The van der Waals surface area contributed by atoms with Crippen LogP contribution in [0.4, 0.5) is 0 Å². The van der Waals surface area contributed by atoms with Crippen LogP contribution in [0.5, 0.6) is 0 Å². The molecule has 24 heavy (non-hydrogen) atoms. The molecule has 0 aliphatic carbocycles. The van der Waals surface area contributed by atoms with Crippen LogP contribution in [0.2, 0.25) is 0 Å². The summed E-state index contributed by atoms with van der Waals surface area (Å²) in [4.78, 5) is 21.3. The molecule has 2 N–H and O–H groups in total. The number of rotatable bonds is 4. The van der Waals surface area contributed by atoms with Gasteiger partial charge in [-0.2, -0.15) is 0 Å². The van der Waals surface area contributed by atoms with Crippen molar-refractivity contribution in [2.45, 2.75) is 32.2 Å². The first-order chi connectivity index (χ1) is 10.8. The number of carbonyl (C=O) groups is 1. The Labute approximate surface area is 156 Å². The van der Waals surface area contributed by atoms with Crippen molar-refractivity contribution in [2.24, 2.45) is 11.7 Å².